The normalized spacial score (nSPS) is 17.7. The molecule has 0 radical (unpaired) electrons. The van der Waals surface area contributed by atoms with Crippen molar-refractivity contribution < 1.29 is 14.6 Å². The number of carboxylic acid groups (broad SMARTS) is 1. The Morgan fingerprint density at radius 1 is 1.38 bits per heavy atom. The zero-order valence-corrected chi connectivity index (χ0v) is 13.6. The number of aliphatic carboxylic acids is 1. The number of hydrogen-bond acceptors (Lipinski definition) is 6. The van der Waals surface area contributed by atoms with E-state index in [4.69, 9.17) is 4.74 Å². The monoisotopic (exact) mass is 328 g/mol. The lowest BCUT2D eigenvalue weighted by atomic mass is 9.98. The molecule has 3 heterocycles. The van der Waals surface area contributed by atoms with E-state index in [0.717, 1.165) is 30.0 Å². The van der Waals surface area contributed by atoms with Gasteiger partial charge in [0.25, 0.3) is 0 Å². The third kappa shape index (κ3) is 3.68. The Balaban J connectivity index is 1.94. The molecule has 126 valence electrons. The number of carboxylic acids is 1. The molecule has 0 aliphatic carbocycles. The molecule has 0 amide bonds. The van der Waals surface area contributed by atoms with Gasteiger partial charge in [0.15, 0.2) is 5.82 Å². The first-order chi connectivity index (χ1) is 11.7. The minimum atomic E-state index is -0.750. The SMILES string of the molecule is COCc1cc(N2CCCC(C(=O)O)C2)nc(-c2ccncc2)n1. The van der Waals surface area contributed by atoms with E-state index in [0.29, 0.717) is 25.4 Å². The number of aromatic nitrogens is 3. The van der Waals surface area contributed by atoms with E-state index < -0.39 is 5.97 Å². The van der Waals surface area contributed by atoms with Crippen molar-refractivity contribution in [1.82, 2.24) is 15.0 Å². The van der Waals surface area contributed by atoms with Crippen molar-refractivity contribution in [3.05, 3.63) is 36.3 Å². The van der Waals surface area contributed by atoms with Crippen molar-refractivity contribution in [2.45, 2.75) is 19.4 Å². The third-order valence-electron chi connectivity index (χ3n) is 4.09. The van der Waals surface area contributed by atoms with Gasteiger partial charge in [0.2, 0.25) is 0 Å². The van der Waals surface area contributed by atoms with Gasteiger partial charge in [-0.05, 0) is 25.0 Å². The molecule has 1 saturated heterocycles. The van der Waals surface area contributed by atoms with E-state index in [-0.39, 0.29) is 5.92 Å². The van der Waals surface area contributed by atoms with Crippen LogP contribution in [0, 0.1) is 5.92 Å². The molecule has 24 heavy (non-hydrogen) atoms. The number of hydrogen-bond donors (Lipinski definition) is 1. The lowest BCUT2D eigenvalue weighted by molar-refractivity contribution is -0.141. The fourth-order valence-electron chi connectivity index (χ4n) is 2.88. The number of piperidine rings is 1. The van der Waals surface area contributed by atoms with Gasteiger partial charge >= 0.3 is 5.97 Å². The summed E-state index contributed by atoms with van der Waals surface area (Å²) in [5.74, 6) is 0.235. The van der Waals surface area contributed by atoms with Gasteiger partial charge in [0, 0.05) is 44.2 Å². The van der Waals surface area contributed by atoms with Crippen molar-refractivity contribution >= 4 is 11.8 Å². The van der Waals surface area contributed by atoms with Crippen LogP contribution in [0.4, 0.5) is 5.82 Å². The smallest absolute Gasteiger partial charge is 0.308 e. The first-order valence-corrected chi connectivity index (χ1v) is 7.92. The van der Waals surface area contributed by atoms with Gasteiger partial charge in [-0.3, -0.25) is 9.78 Å². The Labute approximate surface area is 140 Å². The fraction of sp³-hybridized carbons (Fsp3) is 0.412. The molecular weight excluding hydrogens is 308 g/mol. The van der Waals surface area contributed by atoms with Crippen LogP contribution in [0.3, 0.4) is 0 Å². The van der Waals surface area contributed by atoms with Crippen LogP contribution in [-0.2, 0) is 16.1 Å². The second kappa shape index (κ2) is 7.35. The summed E-state index contributed by atoms with van der Waals surface area (Å²) in [4.78, 5) is 26.5. The van der Waals surface area contributed by atoms with Crippen molar-refractivity contribution in [3.63, 3.8) is 0 Å². The van der Waals surface area contributed by atoms with E-state index in [1.165, 1.54) is 0 Å². The zero-order valence-electron chi connectivity index (χ0n) is 13.6. The van der Waals surface area contributed by atoms with Gasteiger partial charge in [-0.25, -0.2) is 9.97 Å². The van der Waals surface area contributed by atoms with Crippen molar-refractivity contribution in [2.24, 2.45) is 5.92 Å². The molecular formula is C17H20N4O3. The summed E-state index contributed by atoms with van der Waals surface area (Å²) in [7, 11) is 1.62. The summed E-state index contributed by atoms with van der Waals surface area (Å²) in [6.07, 6.45) is 4.94. The Bertz CT molecular complexity index is 708. The van der Waals surface area contributed by atoms with E-state index in [2.05, 4.69) is 15.0 Å². The minimum absolute atomic E-state index is 0.357. The minimum Gasteiger partial charge on any atom is -0.481 e. The highest BCUT2D eigenvalue weighted by molar-refractivity contribution is 5.71. The maximum absolute atomic E-state index is 11.3. The standard InChI is InChI=1S/C17H20N4O3/c1-24-11-14-9-15(21-8-2-3-13(10-21)17(22)23)20-16(19-14)12-4-6-18-7-5-12/h4-7,9,13H,2-3,8,10-11H2,1H3,(H,22,23). The summed E-state index contributed by atoms with van der Waals surface area (Å²) < 4.78 is 5.21. The highest BCUT2D eigenvalue weighted by Crippen LogP contribution is 2.25. The molecule has 3 rings (SSSR count). The molecule has 1 N–H and O–H groups in total. The largest absolute Gasteiger partial charge is 0.481 e. The van der Waals surface area contributed by atoms with E-state index in [1.54, 1.807) is 19.5 Å². The fourth-order valence-corrected chi connectivity index (χ4v) is 2.88. The first-order valence-electron chi connectivity index (χ1n) is 7.92. The Kier molecular flexibility index (Phi) is 5.00. The first kappa shape index (κ1) is 16.3. The molecule has 0 aromatic carbocycles. The third-order valence-corrected chi connectivity index (χ3v) is 4.09. The van der Waals surface area contributed by atoms with Crippen LogP contribution in [0.25, 0.3) is 11.4 Å². The Morgan fingerprint density at radius 3 is 2.88 bits per heavy atom. The van der Waals surface area contributed by atoms with E-state index in [1.807, 2.05) is 23.1 Å². The molecule has 1 unspecified atom stereocenters. The molecule has 2 aromatic rings. The van der Waals surface area contributed by atoms with Gasteiger partial charge < -0.3 is 14.7 Å². The second-order valence-electron chi connectivity index (χ2n) is 5.83. The molecule has 1 aliphatic heterocycles. The van der Waals surface area contributed by atoms with Gasteiger partial charge in [0.05, 0.1) is 18.2 Å². The number of methoxy groups -OCH3 is 1. The van der Waals surface area contributed by atoms with E-state index in [9.17, 15) is 9.90 Å². The van der Waals surface area contributed by atoms with Crippen LogP contribution in [-0.4, -0.2) is 46.2 Å². The number of pyridine rings is 1. The molecule has 0 bridgehead atoms. The molecule has 1 aliphatic rings. The van der Waals surface area contributed by atoms with Gasteiger partial charge in [-0.15, -0.1) is 0 Å². The second-order valence-corrected chi connectivity index (χ2v) is 5.83. The summed E-state index contributed by atoms with van der Waals surface area (Å²) in [6.45, 7) is 1.64. The van der Waals surface area contributed by atoms with Gasteiger partial charge in [-0.2, -0.15) is 0 Å². The van der Waals surface area contributed by atoms with Crippen LogP contribution in [0.15, 0.2) is 30.6 Å². The number of rotatable bonds is 5. The Hall–Kier alpha value is -2.54. The molecule has 1 atom stereocenters. The average molecular weight is 328 g/mol. The lowest BCUT2D eigenvalue weighted by Crippen LogP contribution is -2.39. The predicted octanol–water partition coefficient (Wildman–Crippen LogP) is 1.99. The predicted molar refractivity (Wildman–Crippen MR) is 88.5 cm³/mol. The summed E-state index contributed by atoms with van der Waals surface area (Å²) in [5, 5.41) is 9.29. The van der Waals surface area contributed by atoms with Crippen LogP contribution in [0.2, 0.25) is 0 Å². The molecule has 0 spiro atoms. The molecule has 0 saturated carbocycles. The Morgan fingerprint density at radius 2 is 2.17 bits per heavy atom. The number of carbonyl (C=O) groups is 1. The molecule has 7 heteroatoms. The number of anilines is 1. The highest BCUT2D eigenvalue weighted by Gasteiger charge is 2.26. The number of nitrogens with zero attached hydrogens (tertiary/aromatic N) is 4. The topological polar surface area (TPSA) is 88.4 Å². The summed E-state index contributed by atoms with van der Waals surface area (Å²) in [6, 6.07) is 5.58. The summed E-state index contributed by atoms with van der Waals surface area (Å²) >= 11 is 0. The molecule has 2 aromatic heterocycles. The van der Waals surface area contributed by atoms with Crippen molar-refractivity contribution in [2.75, 3.05) is 25.1 Å². The van der Waals surface area contributed by atoms with Crippen LogP contribution < -0.4 is 4.90 Å². The molecule has 1 fully saturated rings. The van der Waals surface area contributed by atoms with Gasteiger partial charge in [-0.1, -0.05) is 0 Å². The van der Waals surface area contributed by atoms with E-state index >= 15 is 0 Å². The van der Waals surface area contributed by atoms with Crippen LogP contribution in [0.5, 0.6) is 0 Å². The maximum Gasteiger partial charge on any atom is 0.308 e. The zero-order chi connectivity index (χ0) is 16.9. The quantitative estimate of drug-likeness (QED) is 0.897. The highest BCUT2D eigenvalue weighted by atomic mass is 16.5. The summed E-state index contributed by atoms with van der Waals surface area (Å²) in [5.41, 5.74) is 1.64. The number of ether oxygens (including phenoxy) is 1. The molecule has 7 nitrogen and oxygen atoms in total. The van der Waals surface area contributed by atoms with Crippen molar-refractivity contribution in [1.29, 1.82) is 0 Å². The van der Waals surface area contributed by atoms with Gasteiger partial charge in [0.1, 0.15) is 5.82 Å². The lowest BCUT2D eigenvalue weighted by Gasteiger charge is -2.32. The van der Waals surface area contributed by atoms with Crippen LogP contribution >= 0.6 is 0 Å². The van der Waals surface area contributed by atoms with Crippen molar-refractivity contribution in [3.8, 4) is 11.4 Å². The average Bonchev–Trinajstić information content (AvgIpc) is 2.62. The maximum atomic E-state index is 11.3. The van der Waals surface area contributed by atoms with Crippen LogP contribution in [0.1, 0.15) is 18.5 Å².